The number of rotatable bonds is 7. The Labute approximate surface area is 117 Å². The topological polar surface area (TPSA) is 32.5 Å². The minimum atomic E-state index is 0.240. The van der Waals surface area contributed by atoms with E-state index in [1.54, 1.807) is 0 Å². The van der Waals surface area contributed by atoms with Crippen molar-refractivity contribution < 1.29 is 0 Å². The molecule has 1 aliphatic rings. The van der Waals surface area contributed by atoms with Gasteiger partial charge in [0, 0.05) is 17.3 Å². The molecular formula is C14H31N3S. The van der Waals surface area contributed by atoms with Crippen LogP contribution in [0.1, 0.15) is 33.1 Å². The lowest BCUT2D eigenvalue weighted by Crippen LogP contribution is -2.61. The second-order valence-electron chi connectivity index (χ2n) is 5.66. The minimum Gasteiger partial charge on any atom is -0.329 e. The number of thioether (sulfide) groups is 1. The number of likely N-dealkylation sites (N-methyl/N-ethyl adjacent to an activating group) is 1. The quantitative estimate of drug-likeness (QED) is 0.767. The van der Waals surface area contributed by atoms with Gasteiger partial charge in [-0.3, -0.25) is 4.90 Å². The van der Waals surface area contributed by atoms with E-state index in [1.807, 2.05) is 0 Å². The Balaban J connectivity index is 2.63. The van der Waals surface area contributed by atoms with E-state index < -0.39 is 0 Å². The van der Waals surface area contributed by atoms with Gasteiger partial charge in [-0.1, -0.05) is 13.8 Å². The fraction of sp³-hybridized carbons (Fsp3) is 1.00. The molecule has 3 nitrogen and oxygen atoms in total. The fourth-order valence-corrected chi connectivity index (χ4v) is 4.42. The monoisotopic (exact) mass is 273 g/mol. The summed E-state index contributed by atoms with van der Waals surface area (Å²) in [6.45, 7) is 8.91. The van der Waals surface area contributed by atoms with Gasteiger partial charge in [0.15, 0.2) is 0 Å². The van der Waals surface area contributed by atoms with Crippen molar-refractivity contribution in [2.24, 2.45) is 5.73 Å². The van der Waals surface area contributed by atoms with Crippen molar-refractivity contribution in [3.63, 3.8) is 0 Å². The number of nitrogens with zero attached hydrogens (tertiary/aromatic N) is 2. The average molecular weight is 273 g/mol. The second kappa shape index (κ2) is 7.73. The van der Waals surface area contributed by atoms with Gasteiger partial charge in [-0.25, -0.2) is 0 Å². The van der Waals surface area contributed by atoms with Crippen molar-refractivity contribution in [2.75, 3.05) is 46.0 Å². The zero-order chi connectivity index (χ0) is 13.6. The molecule has 2 atom stereocenters. The predicted octanol–water partition coefficient (Wildman–Crippen LogP) is 1.87. The molecule has 0 radical (unpaired) electrons. The van der Waals surface area contributed by atoms with Crippen molar-refractivity contribution in [3.8, 4) is 0 Å². The summed E-state index contributed by atoms with van der Waals surface area (Å²) in [5.41, 5.74) is 6.41. The molecule has 18 heavy (non-hydrogen) atoms. The fourth-order valence-electron chi connectivity index (χ4n) is 3.08. The first kappa shape index (κ1) is 16.3. The molecular weight excluding hydrogens is 242 g/mol. The zero-order valence-electron chi connectivity index (χ0n) is 12.6. The van der Waals surface area contributed by atoms with Crippen LogP contribution >= 0.6 is 11.8 Å². The lowest BCUT2D eigenvalue weighted by Gasteiger charge is -2.49. The molecule has 2 N–H and O–H groups in total. The van der Waals surface area contributed by atoms with Crippen molar-refractivity contribution in [3.05, 3.63) is 0 Å². The third kappa shape index (κ3) is 3.86. The molecule has 1 saturated heterocycles. The van der Waals surface area contributed by atoms with Crippen molar-refractivity contribution in [1.82, 2.24) is 9.80 Å². The highest BCUT2D eigenvalue weighted by Gasteiger charge is 2.41. The molecule has 0 bridgehead atoms. The van der Waals surface area contributed by atoms with Crippen LogP contribution in [0.2, 0.25) is 0 Å². The number of nitrogens with two attached hydrogens (primary N) is 1. The first-order chi connectivity index (χ1) is 8.56. The molecule has 4 heteroatoms. The Bertz CT molecular complexity index is 235. The molecule has 0 aliphatic carbocycles. The Morgan fingerprint density at radius 2 is 2.06 bits per heavy atom. The van der Waals surface area contributed by atoms with E-state index in [0.717, 1.165) is 13.1 Å². The summed E-state index contributed by atoms with van der Waals surface area (Å²) in [6, 6.07) is 0. The van der Waals surface area contributed by atoms with E-state index in [4.69, 9.17) is 5.73 Å². The first-order valence-electron chi connectivity index (χ1n) is 7.28. The smallest absolute Gasteiger partial charge is 0.0447 e. The lowest BCUT2D eigenvalue weighted by molar-refractivity contribution is 0.0838. The molecule has 2 unspecified atom stereocenters. The Morgan fingerprint density at radius 1 is 1.33 bits per heavy atom. The maximum atomic E-state index is 6.17. The van der Waals surface area contributed by atoms with Gasteiger partial charge in [0.05, 0.1) is 0 Å². The zero-order valence-corrected chi connectivity index (χ0v) is 13.4. The van der Waals surface area contributed by atoms with Crippen LogP contribution in [0.4, 0.5) is 0 Å². The molecule has 0 saturated carbocycles. The highest BCUT2D eigenvalue weighted by molar-refractivity contribution is 8.00. The van der Waals surface area contributed by atoms with Crippen LogP contribution in [0.25, 0.3) is 0 Å². The summed E-state index contributed by atoms with van der Waals surface area (Å²) in [4.78, 5) is 4.91. The van der Waals surface area contributed by atoms with E-state index in [1.165, 1.54) is 38.1 Å². The average Bonchev–Trinajstić information content (AvgIpc) is 2.36. The van der Waals surface area contributed by atoms with Crippen LogP contribution < -0.4 is 5.73 Å². The molecule has 0 spiro atoms. The van der Waals surface area contributed by atoms with Crippen LogP contribution in [-0.2, 0) is 0 Å². The molecule has 0 aromatic rings. The molecule has 1 aliphatic heterocycles. The Morgan fingerprint density at radius 3 is 2.56 bits per heavy atom. The molecule has 108 valence electrons. The van der Waals surface area contributed by atoms with Crippen LogP contribution in [-0.4, -0.2) is 66.6 Å². The Kier molecular flexibility index (Phi) is 6.99. The van der Waals surface area contributed by atoms with Gasteiger partial charge in [0.2, 0.25) is 0 Å². The SMILES string of the molecule is CCN(CCCN(C)C)C1(CN)CCCSC1C. The Hall–Kier alpha value is 0.230. The van der Waals surface area contributed by atoms with Crippen LogP contribution in [0.5, 0.6) is 0 Å². The molecule has 1 heterocycles. The normalized spacial score (nSPS) is 29.2. The van der Waals surface area contributed by atoms with Gasteiger partial charge in [0.1, 0.15) is 0 Å². The molecule has 0 aromatic carbocycles. The van der Waals surface area contributed by atoms with Gasteiger partial charge >= 0.3 is 0 Å². The maximum Gasteiger partial charge on any atom is 0.0447 e. The van der Waals surface area contributed by atoms with Gasteiger partial charge in [0.25, 0.3) is 0 Å². The van der Waals surface area contributed by atoms with E-state index in [2.05, 4.69) is 49.5 Å². The van der Waals surface area contributed by atoms with E-state index >= 15 is 0 Å². The number of hydrogen-bond donors (Lipinski definition) is 1. The highest BCUT2D eigenvalue weighted by Crippen LogP contribution is 2.37. The highest BCUT2D eigenvalue weighted by atomic mass is 32.2. The minimum absolute atomic E-state index is 0.240. The first-order valence-corrected chi connectivity index (χ1v) is 8.33. The van der Waals surface area contributed by atoms with E-state index in [9.17, 15) is 0 Å². The predicted molar refractivity (Wildman–Crippen MR) is 83.4 cm³/mol. The standard InChI is InChI=1S/C14H31N3S/c1-5-17(10-7-9-16(3)4)14(12-15)8-6-11-18-13(14)2/h13H,5-12,15H2,1-4H3. The molecule has 1 fully saturated rings. The largest absolute Gasteiger partial charge is 0.329 e. The van der Waals surface area contributed by atoms with Crippen LogP contribution in [0.3, 0.4) is 0 Å². The summed E-state index contributed by atoms with van der Waals surface area (Å²) in [5.74, 6) is 1.30. The van der Waals surface area contributed by atoms with Crippen LogP contribution in [0, 0.1) is 0 Å². The van der Waals surface area contributed by atoms with Crippen LogP contribution in [0.15, 0.2) is 0 Å². The summed E-state index contributed by atoms with van der Waals surface area (Å²) in [6.07, 6.45) is 3.82. The molecule has 0 aromatic heterocycles. The molecule has 1 rings (SSSR count). The molecule has 0 amide bonds. The van der Waals surface area contributed by atoms with Crippen molar-refractivity contribution in [1.29, 1.82) is 0 Å². The van der Waals surface area contributed by atoms with Gasteiger partial charge in [-0.15, -0.1) is 0 Å². The number of hydrogen-bond acceptors (Lipinski definition) is 4. The third-order valence-corrected chi connectivity index (χ3v) is 5.74. The van der Waals surface area contributed by atoms with Gasteiger partial charge in [-0.2, -0.15) is 11.8 Å². The lowest BCUT2D eigenvalue weighted by atomic mass is 9.87. The van der Waals surface area contributed by atoms with Crippen molar-refractivity contribution in [2.45, 2.75) is 43.9 Å². The second-order valence-corrected chi connectivity index (χ2v) is 7.11. The van der Waals surface area contributed by atoms with Crippen molar-refractivity contribution >= 4 is 11.8 Å². The van der Waals surface area contributed by atoms with E-state index in [0.29, 0.717) is 5.25 Å². The summed E-state index contributed by atoms with van der Waals surface area (Å²) >= 11 is 2.10. The third-order valence-electron chi connectivity index (χ3n) is 4.28. The van der Waals surface area contributed by atoms with E-state index in [-0.39, 0.29) is 5.54 Å². The summed E-state index contributed by atoms with van der Waals surface area (Å²) < 4.78 is 0. The summed E-state index contributed by atoms with van der Waals surface area (Å²) in [5, 5.41) is 0.663. The maximum absolute atomic E-state index is 6.17. The van der Waals surface area contributed by atoms with Gasteiger partial charge in [-0.05, 0) is 58.7 Å². The van der Waals surface area contributed by atoms with Gasteiger partial charge < -0.3 is 10.6 Å². The summed E-state index contributed by atoms with van der Waals surface area (Å²) in [7, 11) is 4.29.